The Morgan fingerprint density at radius 2 is 1.42 bits per heavy atom. The number of hydrogen-bond acceptors (Lipinski definition) is 5. The molecule has 0 fully saturated rings. The van der Waals surface area contributed by atoms with Crippen molar-refractivity contribution in [3.63, 3.8) is 0 Å². The Balaban J connectivity index is 1.68. The lowest BCUT2D eigenvalue weighted by Crippen LogP contribution is -2.14. The molecule has 0 bridgehead atoms. The Labute approximate surface area is 184 Å². The van der Waals surface area contributed by atoms with Gasteiger partial charge in [-0.2, -0.15) is 5.26 Å². The number of thioether (sulfide) groups is 1. The average Bonchev–Trinajstić information content (AvgIpc) is 2.84. The second-order valence-electron chi connectivity index (χ2n) is 6.65. The van der Waals surface area contributed by atoms with Gasteiger partial charge in [0.25, 0.3) is 0 Å². The summed E-state index contributed by atoms with van der Waals surface area (Å²) in [6.07, 6.45) is 0. The van der Waals surface area contributed by atoms with Crippen molar-refractivity contribution in [3.05, 3.63) is 96.6 Å². The van der Waals surface area contributed by atoms with E-state index in [2.05, 4.69) is 21.6 Å². The molecule has 1 aromatic heterocycles. The molecule has 5 nitrogen and oxygen atoms in total. The van der Waals surface area contributed by atoms with Crippen LogP contribution in [-0.4, -0.2) is 21.9 Å². The van der Waals surface area contributed by atoms with Gasteiger partial charge in [-0.05, 0) is 17.7 Å². The van der Waals surface area contributed by atoms with E-state index in [0.29, 0.717) is 16.3 Å². The number of nitriles is 1. The topological polar surface area (TPSA) is 78.7 Å². The highest BCUT2D eigenvalue weighted by Gasteiger charge is 2.20. The van der Waals surface area contributed by atoms with Crippen LogP contribution in [0.25, 0.3) is 22.4 Å². The minimum absolute atomic E-state index is 0.122. The quantitative estimate of drug-likeness (QED) is 0.420. The highest BCUT2D eigenvalue weighted by atomic mass is 32.2. The molecule has 0 unspecified atom stereocenters. The molecular formula is C25H18N4OS. The average molecular weight is 423 g/mol. The van der Waals surface area contributed by atoms with Gasteiger partial charge in [-0.3, -0.25) is 4.79 Å². The molecular weight excluding hydrogens is 404 g/mol. The lowest BCUT2D eigenvalue weighted by molar-refractivity contribution is -0.113. The van der Waals surface area contributed by atoms with E-state index in [1.165, 1.54) is 11.8 Å². The number of anilines is 1. The smallest absolute Gasteiger partial charge is 0.234 e. The predicted octanol–water partition coefficient (Wildman–Crippen LogP) is 5.41. The van der Waals surface area contributed by atoms with Gasteiger partial charge in [0.05, 0.1) is 11.3 Å². The molecule has 0 spiro atoms. The lowest BCUT2D eigenvalue weighted by atomic mass is 9.96. The van der Waals surface area contributed by atoms with E-state index in [1.807, 2.05) is 91.0 Å². The second kappa shape index (κ2) is 9.70. The first kappa shape index (κ1) is 20.3. The van der Waals surface area contributed by atoms with E-state index in [0.717, 1.165) is 22.4 Å². The van der Waals surface area contributed by atoms with Crippen LogP contribution in [0.4, 0.5) is 5.69 Å². The van der Waals surface area contributed by atoms with Crippen molar-refractivity contribution in [1.29, 1.82) is 5.26 Å². The molecule has 1 heterocycles. The van der Waals surface area contributed by atoms with Crippen molar-refractivity contribution in [2.24, 2.45) is 0 Å². The van der Waals surface area contributed by atoms with Gasteiger partial charge in [-0.25, -0.2) is 0 Å². The Kier molecular flexibility index (Phi) is 6.36. The van der Waals surface area contributed by atoms with Gasteiger partial charge >= 0.3 is 0 Å². The van der Waals surface area contributed by atoms with Crippen molar-refractivity contribution < 1.29 is 4.79 Å². The number of nitrogens with zero attached hydrogens (tertiary/aromatic N) is 3. The summed E-state index contributed by atoms with van der Waals surface area (Å²) in [5.74, 6) is -0.0488. The Morgan fingerprint density at radius 1 is 0.839 bits per heavy atom. The van der Waals surface area contributed by atoms with Crippen molar-refractivity contribution in [3.8, 4) is 28.5 Å². The van der Waals surface area contributed by atoms with Gasteiger partial charge in [0, 0.05) is 16.8 Å². The van der Waals surface area contributed by atoms with Crippen LogP contribution in [0.3, 0.4) is 0 Å². The molecule has 4 aromatic rings. The van der Waals surface area contributed by atoms with Crippen LogP contribution < -0.4 is 5.32 Å². The fourth-order valence-corrected chi connectivity index (χ4v) is 3.89. The minimum Gasteiger partial charge on any atom is -0.325 e. The first-order valence-corrected chi connectivity index (χ1v) is 10.6. The largest absolute Gasteiger partial charge is 0.325 e. The van der Waals surface area contributed by atoms with Gasteiger partial charge in [0.1, 0.15) is 16.8 Å². The zero-order valence-electron chi connectivity index (χ0n) is 16.5. The molecule has 0 saturated heterocycles. The van der Waals surface area contributed by atoms with E-state index < -0.39 is 0 Å². The van der Waals surface area contributed by atoms with Crippen molar-refractivity contribution in [2.45, 2.75) is 5.03 Å². The highest BCUT2D eigenvalue weighted by Crippen LogP contribution is 2.36. The third kappa shape index (κ3) is 4.80. The number of aromatic nitrogens is 2. The van der Waals surface area contributed by atoms with E-state index >= 15 is 0 Å². The molecule has 6 heteroatoms. The summed E-state index contributed by atoms with van der Waals surface area (Å²) >= 11 is 1.20. The summed E-state index contributed by atoms with van der Waals surface area (Å²) in [6, 6.07) is 30.9. The number of rotatable bonds is 6. The molecule has 31 heavy (non-hydrogen) atoms. The standard InChI is InChI=1S/C25H18N4OS/c26-16-21-23(18-10-4-1-5-11-18)24(19-12-6-2-7-13-19)28-29-25(21)31-17-22(30)27-20-14-8-3-9-15-20/h1-15H,17H2,(H,27,30). The van der Waals surface area contributed by atoms with Gasteiger partial charge in [0.2, 0.25) is 5.91 Å². The Morgan fingerprint density at radius 3 is 2.03 bits per heavy atom. The van der Waals surface area contributed by atoms with Crippen LogP contribution in [-0.2, 0) is 4.79 Å². The van der Waals surface area contributed by atoms with Crippen LogP contribution in [0.1, 0.15) is 5.56 Å². The molecule has 3 aromatic carbocycles. The highest BCUT2D eigenvalue weighted by molar-refractivity contribution is 8.00. The van der Waals surface area contributed by atoms with Crippen LogP contribution in [0.15, 0.2) is 96.0 Å². The number of benzene rings is 3. The Hall–Kier alpha value is -3.95. The van der Waals surface area contributed by atoms with E-state index in [-0.39, 0.29) is 11.7 Å². The van der Waals surface area contributed by atoms with Crippen LogP contribution >= 0.6 is 11.8 Å². The monoisotopic (exact) mass is 422 g/mol. The zero-order valence-corrected chi connectivity index (χ0v) is 17.3. The third-order valence-corrected chi connectivity index (χ3v) is 5.53. The molecule has 1 amide bonds. The van der Waals surface area contributed by atoms with Crippen LogP contribution in [0, 0.1) is 11.3 Å². The first-order chi connectivity index (χ1) is 15.3. The number of carbonyl (C=O) groups is 1. The third-order valence-electron chi connectivity index (χ3n) is 4.56. The first-order valence-electron chi connectivity index (χ1n) is 9.65. The van der Waals surface area contributed by atoms with Gasteiger partial charge in [-0.15, -0.1) is 10.2 Å². The van der Waals surface area contributed by atoms with Gasteiger partial charge in [0.15, 0.2) is 0 Å². The molecule has 0 atom stereocenters. The van der Waals surface area contributed by atoms with Gasteiger partial charge < -0.3 is 5.32 Å². The molecule has 1 N–H and O–H groups in total. The summed E-state index contributed by atoms with van der Waals surface area (Å²) in [4.78, 5) is 12.4. The summed E-state index contributed by atoms with van der Waals surface area (Å²) in [5, 5.41) is 22.0. The number of para-hydroxylation sites is 1. The SMILES string of the molecule is N#Cc1c(SCC(=O)Nc2ccccc2)nnc(-c2ccccc2)c1-c1ccccc1. The fourth-order valence-electron chi connectivity index (χ4n) is 3.16. The minimum atomic E-state index is -0.171. The van der Waals surface area contributed by atoms with Crippen molar-refractivity contribution in [2.75, 3.05) is 11.1 Å². The maximum absolute atomic E-state index is 12.4. The number of hydrogen-bond donors (Lipinski definition) is 1. The molecule has 0 aliphatic rings. The maximum Gasteiger partial charge on any atom is 0.234 e. The predicted molar refractivity (Wildman–Crippen MR) is 123 cm³/mol. The van der Waals surface area contributed by atoms with Gasteiger partial charge in [-0.1, -0.05) is 90.6 Å². The molecule has 0 aliphatic heterocycles. The van der Waals surface area contributed by atoms with Crippen LogP contribution in [0.2, 0.25) is 0 Å². The second-order valence-corrected chi connectivity index (χ2v) is 7.61. The normalized spacial score (nSPS) is 10.3. The van der Waals surface area contributed by atoms with E-state index in [4.69, 9.17) is 0 Å². The zero-order chi connectivity index (χ0) is 21.5. The number of amides is 1. The number of nitrogens with one attached hydrogen (secondary N) is 1. The van der Waals surface area contributed by atoms with Crippen LogP contribution in [0.5, 0.6) is 0 Å². The number of carbonyl (C=O) groups excluding carboxylic acids is 1. The summed E-state index contributed by atoms with van der Waals surface area (Å²) in [7, 11) is 0. The Bertz CT molecular complexity index is 1220. The summed E-state index contributed by atoms with van der Waals surface area (Å²) in [5.41, 5.74) is 4.26. The molecule has 150 valence electrons. The summed E-state index contributed by atoms with van der Waals surface area (Å²) in [6.45, 7) is 0. The summed E-state index contributed by atoms with van der Waals surface area (Å²) < 4.78 is 0. The lowest BCUT2D eigenvalue weighted by Gasteiger charge is -2.13. The van der Waals surface area contributed by atoms with E-state index in [9.17, 15) is 10.1 Å². The fraction of sp³-hybridized carbons (Fsp3) is 0.0400. The van der Waals surface area contributed by atoms with Crippen molar-refractivity contribution >= 4 is 23.4 Å². The van der Waals surface area contributed by atoms with E-state index in [1.54, 1.807) is 0 Å². The maximum atomic E-state index is 12.4. The molecule has 0 radical (unpaired) electrons. The van der Waals surface area contributed by atoms with Crippen molar-refractivity contribution in [1.82, 2.24) is 10.2 Å². The molecule has 0 aliphatic carbocycles. The molecule has 0 saturated carbocycles. The molecule has 4 rings (SSSR count).